The molecular weight excluding hydrogens is 502 g/mol. The van der Waals surface area contributed by atoms with Crippen molar-refractivity contribution in [3.05, 3.63) is 120 Å². The van der Waals surface area contributed by atoms with Gasteiger partial charge in [0.25, 0.3) is 5.91 Å². The first-order chi connectivity index (χ1) is 19.0. The molecule has 0 unspecified atom stereocenters. The molecule has 0 radical (unpaired) electrons. The van der Waals surface area contributed by atoms with Gasteiger partial charge in [-0.25, -0.2) is 13.5 Å². The Kier molecular flexibility index (Phi) is 7.58. The van der Waals surface area contributed by atoms with Crippen molar-refractivity contribution in [1.29, 1.82) is 0 Å². The van der Waals surface area contributed by atoms with E-state index < -0.39 is 17.5 Å². The first-order valence-corrected chi connectivity index (χ1v) is 12.2. The van der Waals surface area contributed by atoms with E-state index in [1.54, 1.807) is 49.6 Å². The van der Waals surface area contributed by atoms with Crippen molar-refractivity contribution in [2.24, 2.45) is 0 Å². The minimum atomic E-state index is -0.461. The summed E-state index contributed by atoms with van der Waals surface area (Å²) in [5.74, 6) is -0.276. The minimum Gasteiger partial charge on any atom is -0.497 e. The quantitative estimate of drug-likeness (QED) is 0.251. The molecule has 1 amide bonds. The summed E-state index contributed by atoms with van der Waals surface area (Å²) in [6.07, 6.45) is 0.610. The molecule has 0 fully saturated rings. The van der Waals surface area contributed by atoms with Crippen LogP contribution in [0.1, 0.15) is 15.9 Å². The number of benzene rings is 4. The van der Waals surface area contributed by atoms with E-state index in [2.05, 4.69) is 15.4 Å². The van der Waals surface area contributed by atoms with Crippen LogP contribution >= 0.6 is 0 Å². The second-order valence-corrected chi connectivity index (χ2v) is 8.57. The molecule has 0 aliphatic rings. The van der Waals surface area contributed by atoms with Gasteiger partial charge in [0.1, 0.15) is 17.4 Å². The van der Waals surface area contributed by atoms with Crippen molar-refractivity contribution in [1.82, 2.24) is 14.8 Å². The molecule has 0 aliphatic carbocycles. The standard InChI is InChI=1S/C30H24F2N4O3/c1-38-25-15-9-20(10-16-25)17-18-39-30-34-28(26-7-2-3-8-27(26)32)36(35-30)24-6-4-5-23(19-24)33-29(37)21-11-13-22(31)14-12-21/h2-16,19H,17-18H2,1H3,(H,33,37). The van der Waals surface area contributed by atoms with Gasteiger partial charge in [-0.15, -0.1) is 5.10 Å². The summed E-state index contributed by atoms with van der Waals surface area (Å²) >= 11 is 0. The van der Waals surface area contributed by atoms with Crippen LogP contribution in [0.15, 0.2) is 97.1 Å². The van der Waals surface area contributed by atoms with Crippen molar-refractivity contribution < 1.29 is 23.0 Å². The SMILES string of the molecule is COc1ccc(CCOc2nc(-c3ccccc3F)n(-c3cccc(NC(=O)c4ccc(F)cc4)c3)n2)cc1. The van der Waals surface area contributed by atoms with Crippen LogP contribution in [-0.4, -0.2) is 34.4 Å². The predicted octanol–water partition coefficient (Wildman–Crippen LogP) is 6.09. The number of aromatic nitrogens is 3. The molecule has 0 aliphatic heterocycles. The van der Waals surface area contributed by atoms with Crippen LogP contribution in [0.3, 0.4) is 0 Å². The molecule has 0 bridgehead atoms. The molecule has 9 heteroatoms. The molecule has 0 saturated heterocycles. The molecule has 1 heterocycles. The third kappa shape index (κ3) is 6.10. The number of carbonyl (C=O) groups excluding carboxylic acids is 1. The zero-order valence-corrected chi connectivity index (χ0v) is 21.0. The van der Waals surface area contributed by atoms with Gasteiger partial charge >= 0.3 is 6.01 Å². The second-order valence-electron chi connectivity index (χ2n) is 8.57. The monoisotopic (exact) mass is 526 g/mol. The number of anilines is 1. The van der Waals surface area contributed by atoms with Gasteiger partial charge in [-0.05, 0) is 72.3 Å². The van der Waals surface area contributed by atoms with E-state index in [1.165, 1.54) is 35.0 Å². The molecule has 4 aromatic carbocycles. The Hall–Kier alpha value is -5.05. The van der Waals surface area contributed by atoms with E-state index in [1.807, 2.05) is 24.3 Å². The summed E-state index contributed by atoms with van der Waals surface area (Å²) in [6.45, 7) is 0.306. The van der Waals surface area contributed by atoms with E-state index in [4.69, 9.17) is 9.47 Å². The fourth-order valence-corrected chi connectivity index (χ4v) is 3.92. The van der Waals surface area contributed by atoms with Crippen molar-refractivity contribution in [2.75, 3.05) is 19.0 Å². The van der Waals surface area contributed by atoms with Crippen LogP contribution in [0.25, 0.3) is 17.1 Å². The average Bonchev–Trinajstić information content (AvgIpc) is 3.38. The van der Waals surface area contributed by atoms with Gasteiger partial charge in [0.05, 0.1) is 25.0 Å². The van der Waals surface area contributed by atoms with E-state index in [0.29, 0.717) is 30.0 Å². The maximum Gasteiger partial charge on any atom is 0.336 e. The molecule has 5 rings (SSSR count). The summed E-state index contributed by atoms with van der Waals surface area (Å²) in [5, 5.41) is 7.28. The first-order valence-electron chi connectivity index (χ1n) is 12.2. The Morgan fingerprint density at radius 2 is 1.69 bits per heavy atom. The lowest BCUT2D eigenvalue weighted by Gasteiger charge is -2.10. The number of rotatable bonds is 9. The lowest BCUT2D eigenvalue weighted by molar-refractivity contribution is 0.102. The van der Waals surface area contributed by atoms with Crippen LogP contribution < -0.4 is 14.8 Å². The van der Waals surface area contributed by atoms with Gasteiger partial charge in [0, 0.05) is 17.7 Å². The van der Waals surface area contributed by atoms with Crippen LogP contribution in [0, 0.1) is 11.6 Å². The highest BCUT2D eigenvalue weighted by atomic mass is 19.1. The molecule has 1 N–H and O–H groups in total. The number of methoxy groups -OCH3 is 1. The van der Waals surface area contributed by atoms with Gasteiger partial charge in [-0.1, -0.05) is 30.3 Å². The fourth-order valence-electron chi connectivity index (χ4n) is 3.92. The van der Waals surface area contributed by atoms with E-state index in [9.17, 15) is 13.6 Å². The Bertz CT molecular complexity index is 1590. The Labute approximate surface area is 223 Å². The number of hydrogen-bond donors (Lipinski definition) is 1. The van der Waals surface area contributed by atoms with E-state index in [-0.39, 0.29) is 17.4 Å². The summed E-state index contributed by atoms with van der Waals surface area (Å²) < 4.78 is 40.5. The Morgan fingerprint density at radius 1 is 0.923 bits per heavy atom. The second kappa shape index (κ2) is 11.6. The van der Waals surface area contributed by atoms with Crippen molar-refractivity contribution in [2.45, 2.75) is 6.42 Å². The molecule has 0 atom stereocenters. The number of ether oxygens (including phenoxy) is 2. The number of carbonyl (C=O) groups is 1. The molecule has 196 valence electrons. The maximum absolute atomic E-state index is 14.8. The summed E-state index contributed by atoms with van der Waals surface area (Å²) in [7, 11) is 1.61. The molecule has 39 heavy (non-hydrogen) atoms. The molecule has 0 spiro atoms. The molecular formula is C30H24F2N4O3. The Morgan fingerprint density at radius 3 is 2.44 bits per heavy atom. The maximum atomic E-state index is 14.8. The molecule has 7 nitrogen and oxygen atoms in total. The molecule has 1 aromatic heterocycles. The topological polar surface area (TPSA) is 78.3 Å². The van der Waals surface area contributed by atoms with Crippen LogP contribution in [-0.2, 0) is 6.42 Å². The largest absolute Gasteiger partial charge is 0.497 e. The van der Waals surface area contributed by atoms with Gasteiger partial charge in [-0.3, -0.25) is 4.79 Å². The van der Waals surface area contributed by atoms with Crippen LogP contribution in [0.2, 0.25) is 0 Å². The highest BCUT2D eigenvalue weighted by Crippen LogP contribution is 2.27. The van der Waals surface area contributed by atoms with Crippen molar-refractivity contribution in [3.63, 3.8) is 0 Å². The first kappa shape index (κ1) is 25.6. The Balaban J connectivity index is 1.40. The fraction of sp³-hybridized carbons (Fsp3) is 0.100. The number of halogens is 2. The zero-order chi connectivity index (χ0) is 27.2. The average molecular weight is 527 g/mol. The number of nitrogens with zero attached hydrogens (tertiary/aromatic N) is 3. The molecule has 5 aromatic rings. The van der Waals surface area contributed by atoms with Crippen LogP contribution in [0.4, 0.5) is 14.5 Å². The van der Waals surface area contributed by atoms with E-state index >= 15 is 0 Å². The summed E-state index contributed by atoms with van der Waals surface area (Å²) in [5.41, 5.74) is 2.61. The van der Waals surface area contributed by atoms with Gasteiger partial charge in [0.2, 0.25) is 0 Å². The highest BCUT2D eigenvalue weighted by molar-refractivity contribution is 6.04. The van der Waals surface area contributed by atoms with Gasteiger partial charge in [-0.2, -0.15) is 4.98 Å². The normalized spacial score (nSPS) is 10.7. The van der Waals surface area contributed by atoms with E-state index in [0.717, 1.165) is 11.3 Å². The third-order valence-electron chi connectivity index (χ3n) is 5.94. The van der Waals surface area contributed by atoms with Crippen molar-refractivity contribution in [3.8, 4) is 28.8 Å². The van der Waals surface area contributed by atoms with Crippen LogP contribution in [0.5, 0.6) is 11.8 Å². The summed E-state index contributed by atoms with van der Waals surface area (Å²) in [6, 6.07) is 26.1. The van der Waals surface area contributed by atoms with Gasteiger partial charge in [0.15, 0.2) is 5.82 Å². The lowest BCUT2D eigenvalue weighted by atomic mass is 10.1. The van der Waals surface area contributed by atoms with Gasteiger partial charge < -0.3 is 14.8 Å². The summed E-state index contributed by atoms with van der Waals surface area (Å²) in [4.78, 5) is 17.1. The van der Waals surface area contributed by atoms with Crippen molar-refractivity contribution >= 4 is 11.6 Å². The molecule has 0 saturated carbocycles. The number of amides is 1. The third-order valence-corrected chi connectivity index (χ3v) is 5.94. The number of hydrogen-bond acceptors (Lipinski definition) is 5. The highest BCUT2D eigenvalue weighted by Gasteiger charge is 2.18. The zero-order valence-electron chi connectivity index (χ0n) is 21.0. The smallest absolute Gasteiger partial charge is 0.336 e. The minimum absolute atomic E-state index is 0.0857. The predicted molar refractivity (Wildman–Crippen MR) is 143 cm³/mol. The lowest BCUT2D eigenvalue weighted by Crippen LogP contribution is -2.12. The number of nitrogens with one attached hydrogen (secondary N) is 1.